The van der Waals surface area contributed by atoms with Gasteiger partial charge in [0.25, 0.3) is 5.91 Å². The molecule has 6 nitrogen and oxygen atoms in total. The smallest absolute Gasteiger partial charge is 0.325 e. The average molecular weight is 400 g/mol. The molecule has 0 bridgehead atoms. The van der Waals surface area contributed by atoms with Gasteiger partial charge in [-0.25, -0.2) is 4.79 Å². The van der Waals surface area contributed by atoms with Crippen molar-refractivity contribution in [2.45, 2.75) is 25.4 Å². The molecule has 0 aliphatic carbocycles. The van der Waals surface area contributed by atoms with Crippen LogP contribution in [0.5, 0.6) is 0 Å². The van der Waals surface area contributed by atoms with E-state index in [2.05, 4.69) is 5.32 Å². The summed E-state index contributed by atoms with van der Waals surface area (Å²) < 4.78 is 0. The highest BCUT2D eigenvalue weighted by atomic mass is 35.5. The first-order chi connectivity index (χ1) is 13.2. The normalized spacial score (nSPS) is 20.1. The van der Waals surface area contributed by atoms with Crippen LogP contribution in [0.4, 0.5) is 4.79 Å². The zero-order valence-electron chi connectivity index (χ0n) is 16.0. The minimum atomic E-state index is -1.18. The Morgan fingerprint density at radius 3 is 2.36 bits per heavy atom. The van der Waals surface area contributed by atoms with Crippen LogP contribution < -0.4 is 5.32 Å². The van der Waals surface area contributed by atoms with Gasteiger partial charge in [0.15, 0.2) is 0 Å². The molecule has 1 N–H and O–H groups in total. The summed E-state index contributed by atoms with van der Waals surface area (Å²) in [7, 11) is 1.65. The maximum absolute atomic E-state index is 12.9. The van der Waals surface area contributed by atoms with Gasteiger partial charge in [-0.15, -0.1) is 0 Å². The van der Waals surface area contributed by atoms with Crippen LogP contribution in [0.2, 0.25) is 5.02 Å². The van der Waals surface area contributed by atoms with Crippen molar-refractivity contribution in [3.05, 3.63) is 70.7 Å². The molecule has 28 heavy (non-hydrogen) atoms. The maximum Gasteiger partial charge on any atom is 0.325 e. The highest BCUT2D eigenvalue weighted by molar-refractivity contribution is 6.30. The van der Waals surface area contributed by atoms with Crippen LogP contribution in [-0.4, -0.2) is 41.2 Å². The molecule has 2 atom stereocenters. The Balaban J connectivity index is 1.74. The Kier molecular flexibility index (Phi) is 5.42. The van der Waals surface area contributed by atoms with Crippen LogP contribution in [0.15, 0.2) is 54.6 Å². The highest BCUT2D eigenvalue weighted by Crippen LogP contribution is 2.29. The molecule has 2 unspecified atom stereocenters. The van der Waals surface area contributed by atoms with Crippen LogP contribution in [0.25, 0.3) is 0 Å². The lowest BCUT2D eigenvalue weighted by Gasteiger charge is -2.27. The van der Waals surface area contributed by atoms with Gasteiger partial charge in [0.1, 0.15) is 12.1 Å². The fraction of sp³-hybridized carbons (Fsp3) is 0.286. The fourth-order valence-electron chi connectivity index (χ4n) is 3.24. The Morgan fingerprint density at radius 2 is 1.75 bits per heavy atom. The molecule has 1 heterocycles. The van der Waals surface area contributed by atoms with E-state index >= 15 is 0 Å². The second-order valence-electron chi connectivity index (χ2n) is 7.04. The predicted octanol–water partition coefficient (Wildman–Crippen LogP) is 3.33. The van der Waals surface area contributed by atoms with E-state index in [-0.39, 0.29) is 18.5 Å². The topological polar surface area (TPSA) is 69.7 Å². The molecule has 0 aromatic heterocycles. The SMILES string of the molecule is CC(c1ccc(Cl)cc1)N(C)C(=O)CN1C(=O)NC(C)(c2ccccc2)C1=O. The first kappa shape index (κ1) is 19.9. The molecular formula is C21H22ClN3O3. The highest BCUT2D eigenvalue weighted by Gasteiger charge is 2.49. The number of imide groups is 1. The second kappa shape index (κ2) is 7.64. The summed E-state index contributed by atoms with van der Waals surface area (Å²) in [5.41, 5.74) is 0.400. The standard InChI is InChI=1S/C21H22ClN3O3/c1-14(15-9-11-17(22)12-10-15)24(3)18(26)13-25-19(27)21(2,23-20(25)28)16-7-5-4-6-8-16/h4-12,14H,13H2,1-3H3,(H,23,28). The summed E-state index contributed by atoms with van der Waals surface area (Å²) >= 11 is 5.91. The largest absolute Gasteiger partial charge is 0.337 e. The number of nitrogens with zero attached hydrogens (tertiary/aromatic N) is 2. The van der Waals surface area contributed by atoms with Crippen molar-refractivity contribution in [3.63, 3.8) is 0 Å². The van der Waals surface area contributed by atoms with Gasteiger partial charge in [0.2, 0.25) is 5.91 Å². The molecule has 4 amide bonds. The molecule has 146 valence electrons. The Bertz CT molecular complexity index is 901. The summed E-state index contributed by atoms with van der Waals surface area (Å²) in [6.07, 6.45) is 0. The quantitative estimate of drug-likeness (QED) is 0.784. The summed E-state index contributed by atoms with van der Waals surface area (Å²) in [5, 5.41) is 3.33. The van der Waals surface area contributed by atoms with Gasteiger partial charge in [0, 0.05) is 12.1 Å². The number of likely N-dealkylation sites (N-methyl/N-ethyl adjacent to an activating group) is 1. The van der Waals surface area contributed by atoms with Crippen LogP contribution in [0.1, 0.15) is 31.0 Å². The molecule has 2 aromatic rings. The number of benzene rings is 2. The molecule has 0 spiro atoms. The number of urea groups is 1. The number of nitrogens with one attached hydrogen (secondary N) is 1. The van der Waals surface area contributed by atoms with Gasteiger partial charge in [-0.05, 0) is 37.1 Å². The monoisotopic (exact) mass is 399 g/mol. The minimum Gasteiger partial charge on any atom is -0.337 e. The van der Waals surface area contributed by atoms with Crippen molar-refractivity contribution in [3.8, 4) is 0 Å². The number of carbonyl (C=O) groups excluding carboxylic acids is 3. The fourth-order valence-corrected chi connectivity index (χ4v) is 3.36. The summed E-state index contributed by atoms with van der Waals surface area (Å²) in [6.45, 7) is 3.20. The number of rotatable bonds is 5. The second-order valence-corrected chi connectivity index (χ2v) is 7.48. The molecule has 1 fully saturated rings. The molecular weight excluding hydrogens is 378 g/mol. The van der Waals surface area contributed by atoms with Crippen LogP contribution in [-0.2, 0) is 15.1 Å². The number of carbonyl (C=O) groups is 3. The van der Waals surface area contributed by atoms with Gasteiger partial charge in [-0.1, -0.05) is 54.1 Å². The predicted molar refractivity (Wildman–Crippen MR) is 107 cm³/mol. The summed E-state index contributed by atoms with van der Waals surface area (Å²) in [5.74, 6) is -0.771. The van der Waals surface area contributed by atoms with Crippen LogP contribution in [0, 0.1) is 0 Å². The van der Waals surface area contributed by atoms with E-state index in [0.717, 1.165) is 10.5 Å². The molecule has 0 radical (unpaired) electrons. The van der Waals surface area contributed by atoms with Crippen molar-refractivity contribution < 1.29 is 14.4 Å². The molecule has 0 saturated carbocycles. The molecule has 1 aliphatic heterocycles. The Hall–Kier alpha value is -2.86. The summed E-state index contributed by atoms with van der Waals surface area (Å²) in [6, 6.07) is 15.4. The van der Waals surface area contributed by atoms with Gasteiger partial charge < -0.3 is 10.2 Å². The number of halogens is 1. The maximum atomic E-state index is 12.9. The van der Waals surface area contributed by atoms with Crippen molar-refractivity contribution in [1.29, 1.82) is 0 Å². The first-order valence-corrected chi connectivity index (χ1v) is 9.32. The molecule has 3 rings (SSSR count). The molecule has 7 heteroatoms. The third-order valence-electron chi connectivity index (χ3n) is 5.25. The van der Waals surface area contributed by atoms with Gasteiger partial charge in [-0.3, -0.25) is 14.5 Å². The van der Waals surface area contributed by atoms with Crippen molar-refractivity contribution >= 4 is 29.4 Å². The van der Waals surface area contributed by atoms with Crippen LogP contribution in [0.3, 0.4) is 0 Å². The third-order valence-corrected chi connectivity index (χ3v) is 5.50. The van der Waals surface area contributed by atoms with E-state index in [1.807, 2.05) is 25.1 Å². The minimum absolute atomic E-state index is 0.231. The van der Waals surface area contributed by atoms with E-state index < -0.39 is 17.5 Å². The zero-order chi connectivity index (χ0) is 20.5. The lowest BCUT2D eigenvalue weighted by atomic mass is 9.92. The van der Waals surface area contributed by atoms with Gasteiger partial charge >= 0.3 is 6.03 Å². The lowest BCUT2D eigenvalue weighted by molar-refractivity contribution is -0.139. The van der Waals surface area contributed by atoms with Gasteiger partial charge in [0.05, 0.1) is 6.04 Å². The van der Waals surface area contributed by atoms with Crippen LogP contribution >= 0.6 is 11.6 Å². The van der Waals surface area contributed by atoms with E-state index in [9.17, 15) is 14.4 Å². The molecule has 1 aliphatic rings. The van der Waals surface area contributed by atoms with Crippen molar-refractivity contribution in [2.24, 2.45) is 0 Å². The Morgan fingerprint density at radius 1 is 1.14 bits per heavy atom. The average Bonchev–Trinajstić information content (AvgIpc) is 2.92. The van der Waals surface area contributed by atoms with E-state index in [1.54, 1.807) is 50.4 Å². The first-order valence-electron chi connectivity index (χ1n) is 8.95. The number of amides is 4. The van der Waals surface area contributed by atoms with Crippen molar-refractivity contribution in [2.75, 3.05) is 13.6 Å². The third kappa shape index (κ3) is 3.60. The van der Waals surface area contributed by atoms with Crippen molar-refractivity contribution in [1.82, 2.24) is 15.1 Å². The van der Waals surface area contributed by atoms with E-state index in [4.69, 9.17) is 11.6 Å². The number of hydrogen-bond acceptors (Lipinski definition) is 3. The van der Waals surface area contributed by atoms with Gasteiger partial charge in [-0.2, -0.15) is 0 Å². The zero-order valence-corrected chi connectivity index (χ0v) is 16.7. The molecule has 2 aromatic carbocycles. The Labute approximate surface area is 169 Å². The van der Waals surface area contributed by atoms with E-state index in [0.29, 0.717) is 10.6 Å². The molecule has 1 saturated heterocycles. The number of hydrogen-bond donors (Lipinski definition) is 1. The lowest BCUT2D eigenvalue weighted by Crippen LogP contribution is -2.44. The van der Waals surface area contributed by atoms with E-state index in [1.165, 1.54) is 4.90 Å². The summed E-state index contributed by atoms with van der Waals surface area (Å²) in [4.78, 5) is 40.6.